The van der Waals surface area contributed by atoms with E-state index in [9.17, 15) is 0 Å². The minimum atomic E-state index is 0.821. The molecule has 0 spiro atoms. The van der Waals surface area contributed by atoms with Crippen LogP contribution in [-0.2, 0) is 6.54 Å². The fourth-order valence-electron chi connectivity index (χ4n) is 2.67. The van der Waals surface area contributed by atoms with Gasteiger partial charge >= 0.3 is 0 Å². The third-order valence-electron chi connectivity index (χ3n) is 3.67. The van der Waals surface area contributed by atoms with Crippen LogP contribution in [0.25, 0.3) is 0 Å². The smallest absolute Gasteiger partial charge is 0.125 e. The maximum absolute atomic E-state index is 4.24. The van der Waals surface area contributed by atoms with Crippen LogP contribution < -0.4 is 0 Å². The van der Waals surface area contributed by atoms with E-state index in [1.54, 1.807) is 0 Å². The zero-order valence-corrected chi connectivity index (χ0v) is 11.8. The lowest BCUT2D eigenvalue weighted by Crippen LogP contribution is -2.28. The van der Waals surface area contributed by atoms with Gasteiger partial charge in [-0.1, -0.05) is 6.92 Å². The first-order valence-electron chi connectivity index (χ1n) is 6.85. The zero-order chi connectivity index (χ0) is 13.0. The second-order valence-electron chi connectivity index (χ2n) is 5.38. The van der Waals surface area contributed by atoms with E-state index < -0.39 is 0 Å². The lowest BCUT2D eigenvalue weighted by Gasteiger charge is -2.21. The van der Waals surface area contributed by atoms with Crippen LogP contribution in [0.5, 0.6) is 0 Å². The Morgan fingerprint density at radius 2 is 2.11 bits per heavy atom. The summed E-state index contributed by atoms with van der Waals surface area (Å²) in [5, 5.41) is 0. The van der Waals surface area contributed by atoms with Crippen molar-refractivity contribution in [3.63, 3.8) is 0 Å². The van der Waals surface area contributed by atoms with Gasteiger partial charge in [-0.15, -0.1) is 0 Å². The largest absolute Gasteiger partial charge is 0.303 e. The predicted molar refractivity (Wildman–Crippen MR) is 73.3 cm³/mol. The lowest BCUT2D eigenvalue weighted by atomic mass is 10.1. The van der Waals surface area contributed by atoms with Gasteiger partial charge in [0.15, 0.2) is 0 Å². The molecule has 0 N–H and O–H groups in total. The molecule has 4 heteroatoms. The van der Waals surface area contributed by atoms with Crippen molar-refractivity contribution < 1.29 is 0 Å². The van der Waals surface area contributed by atoms with Crippen molar-refractivity contribution in [3.05, 3.63) is 23.8 Å². The highest BCUT2D eigenvalue weighted by Gasteiger charge is 2.22. The fraction of sp³-hybridized carbons (Fsp3) is 0.714. The first kappa shape index (κ1) is 13.4. The number of nitrogens with zero attached hydrogens (tertiary/aromatic N) is 4. The normalized spacial score (nSPS) is 20.8. The Bertz CT molecular complexity index is 363. The topological polar surface area (TPSA) is 32.3 Å². The van der Waals surface area contributed by atoms with Crippen molar-refractivity contribution in [1.82, 2.24) is 19.8 Å². The van der Waals surface area contributed by atoms with Gasteiger partial charge in [0.1, 0.15) is 5.82 Å². The molecule has 1 atom stereocenters. The first-order valence-corrected chi connectivity index (χ1v) is 6.85. The summed E-state index contributed by atoms with van der Waals surface area (Å²) in [6.07, 6.45) is 5.21. The molecule has 0 radical (unpaired) electrons. The summed E-state index contributed by atoms with van der Waals surface area (Å²) in [5.74, 6) is 1.66. The fourth-order valence-corrected chi connectivity index (χ4v) is 2.67. The van der Waals surface area contributed by atoms with E-state index in [-0.39, 0.29) is 0 Å². The van der Waals surface area contributed by atoms with Gasteiger partial charge in [-0.2, -0.15) is 0 Å². The molecular weight excluding hydrogens is 224 g/mol. The van der Waals surface area contributed by atoms with E-state index in [1.807, 2.05) is 19.3 Å². The van der Waals surface area contributed by atoms with Crippen LogP contribution in [0.15, 0.2) is 12.4 Å². The van der Waals surface area contributed by atoms with Crippen LogP contribution in [-0.4, -0.2) is 53.0 Å². The van der Waals surface area contributed by atoms with Crippen molar-refractivity contribution in [1.29, 1.82) is 0 Å². The highest BCUT2D eigenvalue weighted by Crippen LogP contribution is 2.17. The standard InChI is InChI=1S/C14H24N4/c1-4-18-6-5-13(11-18)9-17(3)10-14-7-15-12(2)16-8-14/h7-8,13H,4-6,9-11H2,1-3H3. The van der Waals surface area contributed by atoms with Crippen molar-refractivity contribution >= 4 is 0 Å². The van der Waals surface area contributed by atoms with Gasteiger partial charge in [0, 0.05) is 37.6 Å². The minimum Gasteiger partial charge on any atom is -0.303 e. The summed E-state index contributed by atoms with van der Waals surface area (Å²) in [6.45, 7) is 9.99. The Kier molecular flexibility index (Phi) is 4.66. The van der Waals surface area contributed by atoms with Gasteiger partial charge in [0.2, 0.25) is 0 Å². The van der Waals surface area contributed by atoms with Crippen molar-refractivity contribution in [2.24, 2.45) is 5.92 Å². The summed E-state index contributed by atoms with van der Waals surface area (Å²) in [4.78, 5) is 13.4. The molecule has 0 saturated carbocycles. The second kappa shape index (κ2) is 6.25. The number of hydrogen-bond acceptors (Lipinski definition) is 4. The van der Waals surface area contributed by atoms with Crippen LogP contribution in [0.1, 0.15) is 24.7 Å². The molecule has 0 bridgehead atoms. The van der Waals surface area contributed by atoms with E-state index >= 15 is 0 Å². The maximum Gasteiger partial charge on any atom is 0.125 e. The van der Waals surface area contributed by atoms with E-state index in [1.165, 1.54) is 38.2 Å². The molecule has 1 saturated heterocycles. The van der Waals surface area contributed by atoms with Gasteiger partial charge in [0.25, 0.3) is 0 Å². The summed E-state index contributed by atoms with van der Waals surface area (Å²) in [7, 11) is 2.19. The summed E-state index contributed by atoms with van der Waals surface area (Å²) < 4.78 is 0. The summed E-state index contributed by atoms with van der Waals surface area (Å²) >= 11 is 0. The van der Waals surface area contributed by atoms with Gasteiger partial charge in [-0.25, -0.2) is 9.97 Å². The van der Waals surface area contributed by atoms with Crippen LogP contribution in [0.2, 0.25) is 0 Å². The molecule has 0 aromatic carbocycles. The molecule has 4 nitrogen and oxygen atoms in total. The van der Waals surface area contributed by atoms with E-state index in [2.05, 4.69) is 33.7 Å². The third-order valence-corrected chi connectivity index (χ3v) is 3.67. The van der Waals surface area contributed by atoms with Crippen LogP contribution >= 0.6 is 0 Å². The predicted octanol–water partition coefficient (Wildman–Crippen LogP) is 1.56. The molecule has 1 aromatic rings. The number of aromatic nitrogens is 2. The highest BCUT2D eigenvalue weighted by atomic mass is 15.2. The molecule has 0 amide bonds. The Morgan fingerprint density at radius 3 is 2.72 bits per heavy atom. The molecule has 1 aliphatic rings. The molecule has 1 unspecified atom stereocenters. The Labute approximate surface area is 110 Å². The van der Waals surface area contributed by atoms with Crippen molar-refractivity contribution in [3.8, 4) is 0 Å². The van der Waals surface area contributed by atoms with Crippen LogP contribution in [0.4, 0.5) is 0 Å². The molecule has 18 heavy (non-hydrogen) atoms. The number of likely N-dealkylation sites (tertiary alicyclic amines) is 1. The van der Waals surface area contributed by atoms with E-state index in [0.29, 0.717) is 0 Å². The monoisotopic (exact) mass is 248 g/mol. The van der Waals surface area contributed by atoms with Crippen LogP contribution in [0, 0.1) is 12.8 Å². The van der Waals surface area contributed by atoms with Crippen molar-refractivity contribution in [2.45, 2.75) is 26.8 Å². The second-order valence-corrected chi connectivity index (χ2v) is 5.38. The molecule has 0 aliphatic carbocycles. The van der Waals surface area contributed by atoms with E-state index in [4.69, 9.17) is 0 Å². The van der Waals surface area contributed by atoms with Gasteiger partial charge in [-0.3, -0.25) is 0 Å². The summed E-state index contributed by atoms with van der Waals surface area (Å²) in [6, 6.07) is 0. The average Bonchev–Trinajstić information content (AvgIpc) is 2.79. The van der Waals surface area contributed by atoms with Gasteiger partial charge in [-0.05, 0) is 39.4 Å². The first-order chi connectivity index (χ1) is 8.67. The molecule has 1 fully saturated rings. The van der Waals surface area contributed by atoms with Crippen molar-refractivity contribution in [2.75, 3.05) is 33.2 Å². The number of rotatable bonds is 5. The molecule has 100 valence electrons. The Morgan fingerprint density at radius 1 is 1.39 bits per heavy atom. The van der Waals surface area contributed by atoms with Gasteiger partial charge in [0.05, 0.1) is 0 Å². The quantitative estimate of drug-likeness (QED) is 0.791. The molecule has 2 heterocycles. The summed E-state index contributed by atoms with van der Waals surface area (Å²) in [5.41, 5.74) is 1.20. The molecule has 2 rings (SSSR count). The number of aryl methyl sites for hydroxylation is 1. The zero-order valence-electron chi connectivity index (χ0n) is 11.8. The molecule has 1 aliphatic heterocycles. The SMILES string of the molecule is CCN1CCC(CN(C)Cc2cnc(C)nc2)C1. The van der Waals surface area contributed by atoms with Crippen LogP contribution in [0.3, 0.4) is 0 Å². The highest BCUT2D eigenvalue weighted by molar-refractivity contribution is 5.04. The Balaban J connectivity index is 1.78. The Hall–Kier alpha value is -1.00. The number of hydrogen-bond donors (Lipinski definition) is 0. The molecular formula is C14H24N4. The van der Waals surface area contributed by atoms with E-state index in [0.717, 1.165) is 18.3 Å². The average molecular weight is 248 g/mol. The van der Waals surface area contributed by atoms with Gasteiger partial charge < -0.3 is 9.80 Å². The lowest BCUT2D eigenvalue weighted by molar-refractivity contribution is 0.260. The molecule has 1 aromatic heterocycles. The minimum absolute atomic E-state index is 0.821. The maximum atomic E-state index is 4.24. The third kappa shape index (κ3) is 3.75.